The van der Waals surface area contributed by atoms with Crippen LogP contribution >= 0.6 is 0 Å². The van der Waals surface area contributed by atoms with Crippen molar-refractivity contribution in [2.45, 2.75) is 0 Å². The number of aromatic nitrogens is 5. The topological polar surface area (TPSA) is 64.1 Å². The number of para-hydroxylation sites is 5. The van der Waals surface area contributed by atoms with Crippen LogP contribution in [0.1, 0.15) is 0 Å². The maximum Gasteiger partial charge on any atom is 0.189 e. The van der Waals surface area contributed by atoms with Crippen LogP contribution in [0.4, 0.5) is 34.1 Å². The van der Waals surface area contributed by atoms with E-state index in [0.717, 1.165) is 111 Å². The van der Waals surface area contributed by atoms with Gasteiger partial charge < -0.3 is 23.5 Å². The molecular formula is C67H45N7O. The van der Waals surface area contributed by atoms with Crippen molar-refractivity contribution in [3.63, 3.8) is 0 Å². The standard InChI is InChI=1S/C67H45N7O/c75-67-34-37-70(62-27-14-13-26-57(62)67)52-25-15-16-46(38-52)47-39-55(73-63-30-28-53(42-58(63)60-44-68-35-32-65(60)73)71(48-17-5-1-6-18-48)49-19-7-2-8-20-49)41-56(40-47)74-64-31-29-54(43-59(64)61-45-69-36-33-66(61)74)72(50-21-9-3-10-22-50)51-23-11-4-12-24-51/h1-45H. The van der Waals surface area contributed by atoms with Crippen LogP contribution in [0.15, 0.2) is 278 Å². The van der Waals surface area contributed by atoms with Crippen molar-refractivity contribution >= 4 is 88.6 Å². The van der Waals surface area contributed by atoms with Crippen LogP contribution in [0.5, 0.6) is 0 Å². The minimum Gasteiger partial charge on any atom is -0.316 e. The first kappa shape index (κ1) is 43.5. The van der Waals surface area contributed by atoms with Gasteiger partial charge in [0.25, 0.3) is 0 Å². The van der Waals surface area contributed by atoms with Crippen LogP contribution in [-0.2, 0) is 0 Å². The Hall–Kier alpha value is -10.3. The molecule has 75 heavy (non-hydrogen) atoms. The Bertz CT molecular complexity index is 4210. The highest BCUT2D eigenvalue weighted by Crippen LogP contribution is 2.43. The summed E-state index contributed by atoms with van der Waals surface area (Å²) in [6.07, 6.45) is 9.62. The van der Waals surface area contributed by atoms with Crippen molar-refractivity contribution in [3.05, 3.63) is 284 Å². The maximum atomic E-state index is 13.1. The van der Waals surface area contributed by atoms with Gasteiger partial charge in [-0.25, -0.2) is 0 Å². The molecule has 0 fully saturated rings. The SMILES string of the molecule is O=c1ccn(-c2cccc(-c3cc(-n4c5ccncc5c5cc(N(c6ccccc6)c6ccccc6)ccc54)cc(-n4c5ccncc5c5cc(N(c6ccccc6)c6ccccc6)ccc54)c3)c2)c2ccccc12. The zero-order valence-electron chi connectivity index (χ0n) is 40.5. The molecule has 0 saturated heterocycles. The third-order valence-electron chi connectivity index (χ3n) is 14.4. The predicted octanol–water partition coefficient (Wildman–Crippen LogP) is 16.6. The summed E-state index contributed by atoms with van der Waals surface area (Å²) in [6.45, 7) is 0. The van der Waals surface area contributed by atoms with Gasteiger partial charge in [0.2, 0.25) is 0 Å². The molecule has 0 aliphatic heterocycles. The van der Waals surface area contributed by atoms with Gasteiger partial charge in [0.05, 0.1) is 27.6 Å². The molecule has 0 spiro atoms. The number of fused-ring (bicyclic) bond motifs is 7. The van der Waals surface area contributed by atoms with E-state index in [1.807, 2.05) is 55.2 Å². The molecule has 5 aromatic heterocycles. The Kier molecular flexibility index (Phi) is 10.5. The van der Waals surface area contributed by atoms with E-state index in [-0.39, 0.29) is 5.43 Å². The summed E-state index contributed by atoms with van der Waals surface area (Å²) in [5, 5.41) is 4.94. The molecule has 9 aromatic carbocycles. The van der Waals surface area contributed by atoms with Crippen molar-refractivity contribution in [2.24, 2.45) is 0 Å². The lowest BCUT2D eigenvalue weighted by molar-refractivity contribution is 1.10. The van der Waals surface area contributed by atoms with Gasteiger partial charge in [-0.05, 0) is 151 Å². The Labute approximate surface area is 432 Å². The number of nitrogens with zero attached hydrogens (tertiary/aromatic N) is 7. The number of benzene rings is 9. The van der Waals surface area contributed by atoms with Gasteiger partial charge in [-0.2, -0.15) is 0 Å². The molecule has 0 aliphatic rings. The van der Waals surface area contributed by atoms with Crippen molar-refractivity contribution in [1.29, 1.82) is 0 Å². The average Bonchev–Trinajstić information content (AvgIpc) is 4.01. The molecule has 0 unspecified atom stereocenters. The van der Waals surface area contributed by atoms with Crippen molar-refractivity contribution in [1.82, 2.24) is 23.7 Å². The summed E-state index contributed by atoms with van der Waals surface area (Å²) < 4.78 is 6.86. The van der Waals surface area contributed by atoms with Gasteiger partial charge in [0.1, 0.15) is 0 Å². The first-order chi connectivity index (χ1) is 37.1. The minimum atomic E-state index is -0.00183. The third kappa shape index (κ3) is 7.51. The van der Waals surface area contributed by atoms with Crippen LogP contribution < -0.4 is 15.2 Å². The van der Waals surface area contributed by atoms with E-state index in [9.17, 15) is 4.79 Å². The third-order valence-corrected chi connectivity index (χ3v) is 14.4. The molecule has 0 aliphatic carbocycles. The molecule has 354 valence electrons. The summed E-state index contributed by atoms with van der Waals surface area (Å²) in [5.74, 6) is 0. The highest BCUT2D eigenvalue weighted by Gasteiger charge is 2.22. The normalized spacial score (nSPS) is 11.5. The van der Waals surface area contributed by atoms with Crippen molar-refractivity contribution in [2.75, 3.05) is 9.80 Å². The molecule has 8 heteroatoms. The lowest BCUT2D eigenvalue weighted by atomic mass is 10.0. The van der Waals surface area contributed by atoms with E-state index in [0.29, 0.717) is 5.39 Å². The summed E-state index contributed by atoms with van der Waals surface area (Å²) in [6, 6.07) is 84.8. The summed E-state index contributed by atoms with van der Waals surface area (Å²) >= 11 is 0. The van der Waals surface area contributed by atoms with Gasteiger partial charge in [0, 0.05) is 115 Å². The van der Waals surface area contributed by atoms with Crippen molar-refractivity contribution in [3.8, 4) is 28.2 Å². The highest BCUT2D eigenvalue weighted by atomic mass is 16.1. The van der Waals surface area contributed by atoms with Gasteiger partial charge in [-0.3, -0.25) is 14.8 Å². The van der Waals surface area contributed by atoms with E-state index < -0.39 is 0 Å². The lowest BCUT2D eigenvalue weighted by Gasteiger charge is -2.25. The molecular weight excluding hydrogens is 919 g/mol. The largest absolute Gasteiger partial charge is 0.316 e. The zero-order valence-corrected chi connectivity index (χ0v) is 40.5. The second kappa shape index (κ2) is 18.1. The molecule has 0 radical (unpaired) electrons. The van der Waals surface area contributed by atoms with Crippen LogP contribution in [-0.4, -0.2) is 23.7 Å². The average molecular weight is 964 g/mol. The quantitative estimate of drug-likeness (QED) is 0.137. The Morgan fingerprint density at radius 2 is 0.760 bits per heavy atom. The van der Waals surface area contributed by atoms with Gasteiger partial charge in [-0.15, -0.1) is 0 Å². The minimum absolute atomic E-state index is 0.00183. The first-order valence-electron chi connectivity index (χ1n) is 25.1. The number of anilines is 6. The number of rotatable bonds is 10. The zero-order chi connectivity index (χ0) is 49.8. The fourth-order valence-electron chi connectivity index (χ4n) is 11.0. The first-order valence-corrected chi connectivity index (χ1v) is 25.1. The van der Waals surface area contributed by atoms with Crippen LogP contribution in [0, 0.1) is 0 Å². The Balaban J connectivity index is 1.01. The second-order valence-corrected chi connectivity index (χ2v) is 18.7. The second-order valence-electron chi connectivity index (χ2n) is 18.7. The van der Waals surface area contributed by atoms with Crippen LogP contribution in [0.25, 0.3) is 82.7 Å². The summed E-state index contributed by atoms with van der Waals surface area (Å²) in [7, 11) is 0. The highest BCUT2D eigenvalue weighted by molar-refractivity contribution is 6.12. The van der Waals surface area contributed by atoms with E-state index in [4.69, 9.17) is 9.97 Å². The molecule has 0 saturated carbocycles. The van der Waals surface area contributed by atoms with E-state index in [1.54, 1.807) is 6.07 Å². The number of hydrogen-bond acceptors (Lipinski definition) is 5. The van der Waals surface area contributed by atoms with Gasteiger partial charge >= 0.3 is 0 Å². The van der Waals surface area contributed by atoms with E-state index in [1.165, 1.54) is 0 Å². The Morgan fingerprint density at radius 1 is 0.307 bits per heavy atom. The maximum absolute atomic E-state index is 13.1. The molecule has 5 heterocycles. The van der Waals surface area contributed by atoms with Crippen LogP contribution in [0.2, 0.25) is 0 Å². The molecule has 0 bridgehead atoms. The number of hydrogen-bond donors (Lipinski definition) is 0. The van der Waals surface area contributed by atoms with E-state index >= 15 is 0 Å². The molecule has 14 rings (SSSR count). The molecule has 0 N–H and O–H groups in total. The van der Waals surface area contributed by atoms with Gasteiger partial charge in [0.15, 0.2) is 5.43 Å². The summed E-state index contributed by atoms with van der Waals surface area (Å²) in [4.78, 5) is 27.1. The molecule has 0 amide bonds. The molecule has 8 nitrogen and oxygen atoms in total. The molecule has 14 aromatic rings. The van der Waals surface area contributed by atoms with Crippen LogP contribution in [0.3, 0.4) is 0 Å². The van der Waals surface area contributed by atoms with Gasteiger partial charge in [-0.1, -0.05) is 97.1 Å². The lowest BCUT2D eigenvalue weighted by Crippen LogP contribution is -2.09. The summed E-state index contributed by atoms with van der Waals surface area (Å²) in [5.41, 5.74) is 16.4. The smallest absolute Gasteiger partial charge is 0.189 e. The predicted molar refractivity (Wildman–Crippen MR) is 309 cm³/mol. The monoisotopic (exact) mass is 963 g/mol. The Morgan fingerprint density at radius 3 is 1.27 bits per heavy atom. The van der Waals surface area contributed by atoms with Crippen molar-refractivity contribution < 1.29 is 0 Å². The molecule has 0 atom stereocenters. The number of pyridine rings is 3. The fourth-order valence-corrected chi connectivity index (χ4v) is 11.0. The fraction of sp³-hybridized carbons (Fsp3) is 0. The van der Waals surface area contributed by atoms with E-state index in [2.05, 4.69) is 236 Å².